The molecule has 0 aromatic heterocycles. The number of hydrogen-bond donors (Lipinski definition) is 1. The Balaban J connectivity index is 3.03. The Morgan fingerprint density at radius 2 is 1.89 bits per heavy atom. The molecule has 0 amide bonds. The third kappa shape index (κ3) is 4.30. The van der Waals surface area contributed by atoms with Crippen LogP contribution >= 0.6 is 47.8 Å². The molecule has 0 bridgehead atoms. The SMILES string of the molecule is CC(CBr)C(C)NS(=O)(=O)c1cc(Br)ccc1Br. The van der Waals surface area contributed by atoms with Gasteiger partial charge in [-0.25, -0.2) is 13.1 Å². The van der Waals surface area contributed by atoms with E-state index in [2.05, 4.69) is 52.5 Å². The molecule has 0 heterocycles. The first-order valence-electron chi connectivity index (χ1n) is 5.31. The van der Waals surface area contributed by atoms with Crippen LogP contribution < -0.4 is 4.72 Å². The van der Waals surface area contributed by atoms with Gasteiger partial charge in [0.25, 0.3) is 0 Å². The van der Waals surface area contributed by atoms with Crippen molar-refractivity contribution in [1.29, 1.82) is 0 Å². The minimum Gasteiger partial charge on any atom is -0.208 e. The summed E-state index contributed by atoms with van der Waals surface area (Å²) in [4.78, 5) is 0.241. The summed E-state index contributed by atoms with van der Waals surface area (Å²) < 4.78 is 28.5. The standard InChI is InChI=1S/C11H14Br3NO2S/c1-7(6-12)8(2)15-18(16,17)11-5-9(13)3-4-10(11)14/h3-5,7-8,15H,6H2,1-2H3. The summed E-state index contributed by atoms with van der Waals surface area (Å²) in [5.74, 6) is 0.214. The summed E-state index contributed by atoms with van der Waals surface area (Å²) in [6.07, 6.45) is 0. The Morgan fingerprint density at radius 1 is 1.28 bits per heavy atom. The summed E-state index contributed by atoms with van der Waals surface area (Å²) in [6, 6.07) is 4.93. The summed E-state index contributed by atoms with van der Waals surface area (Å²) >= 11 is 9.89. The van der Waals surface area contributed by atoms with Crippen LogP contribution in [0.25, 0.3) is 0 Å². The average molecular weight is 464 g/mol. The van der Waals surface area contributed by atoms with Crippen LogP contribution in [0.3, 0.4) is 0 Å². The molecule has 0 fully saturated rings. The van der Waals surface area contributed by atoms with E-state index in [9.17, 15) is 8.42 Å². The molecule has 0 aliphatic heterocycles. The molecule has 0 aliphatic rings. The van der Waals surface area contributed by atoms with Gasteiger partial charge < -0.3 is 0 Å². The second-order valence-corrected chi connectivity index (χ2v) is 8.22. The summed E-state index contributed by atoms with van der Waals surface area (Å²) in [6.45, 7) is 3.84. The topological polar surface area (TPSA) is 46.2 Å². The lowest BCUT2D eigenvalue weighted by Gasteiger charge is -2.19. The lowest BCUT2D eigenvalue weighted by atomic mass is 10.1. The number of benzene rings is 1. The smallest absolute Gasteiger partial charge is 0.208 e. The Hall–Kier alpha value is 0.570. The molecule has 3 nitrogen and oxygen atoms in total. The van der Waals surface area contributed by atoms with E-state index in [1.807, 2.05) is 13.8 Å². The lowest BCUT2D eigenvalue weighted by Crippen LogP contribution is -2.37. The molecule has 1 rings (SSSR count). The van der Waals surface area contributed by atoms with Crippen molar-refractivity contribution in [2.24, 2.45) is 5.92 Å². The van der Waals surface area contributed by atoms with Crippen molar-refractivity contribution < 1.29 is 8.42 Å². The fourth-order valence-electron chi connectivity index (χ4n) is 1.24. The second-order valence-electron chi connectivity index (χ2n) is 4.12. The summed E-state index contributed by atoms with van der Waals surface area (Å²) in [5.41, 5.74) is 0. The van der Waals surface area contributed by atoms with E-state index in [1.165, 1.54) is 0 Å². The van der Waals surface area contributed by atoms with Gasteiger partial charge in [0.2, 0.25) is 10.0 Å². The van der Waals surface area contributed by atoms with Crippen molar-refractivity contribution in [3.8, 4) is 0 Å². The fraction of sp³-hybridized carbons (Fsp3) is 0.455. The zero-order valence-corrected chi connectivity index (χ0v) is 15.5. The van der Waals surface area contributed by atoms with E-state index in [-0.39, 0.29) is 16.9 Å². The van der Waals surface area contributed by atoms with Crippen molar-refractivity contribution in [3.05, 3.63) is 27.1 Å². The Bertz CT molecular complexity index is 519. The van der Waals surface area contributed by atoms with Crippen molar-refractivity contribution in [2.45, 2.75) is 24.8 Å². The first kappa shape index (κ1) is 16.6. The fourth-order valence-corrected chi connectivity index (χ4v) is 4.66. The minimum atomic E-state index is -3.52. The van der Waals surface area contributed by atoms with Gasteiger partial charge in [0.1, 0.15) is 0 Å². The molecule has 2 atom stereocenters. The molecule has 18 heavy (non-hydrogen) atoms. The zero-order valence-electron chi connectivity index (χ0n) is 9.95. The lowest BCUT2D eigenvalue weighted by molar-refractivity contribution is 0.484. The van der Waals surface area contributed by atoms with E-state index in [4.69, 9.17) is 0 Å². The van der Waals surface area contributed by atoms with Gasteiger partial charge in [-0.2, -0.15) is 0 Å². The van der Waals surface area contributed by atoms with E-state index >= 15 is 0 Å². The van der Waals surface area contributed by atoms with Gasteiger partial charge in [0, 0.05) is 20.3 Å². The maximum absolute atomic E-state index is 12.3. The van der Waals surface area contributed by atoms with Crippen LogP contribution in [0, 0.1) is 5.92 Å². The molecule has 102 valence electrons. The number of hydrogen-bond acceptors (Lipinski definition) is 2. The van der Waals surface area contributed by atoms with Gasteiger partial charge in [-0.05, 0) is 47.0 Å². The van der Waals surface area contributed by atoms with Gasteiger partial charge in [-0.15, -0.1) is 0 Å². The Labute approximate surface area is 133 Å². The van der Waals surface area contributed by atoms with Gasteiger partial charge in [-0.3, -0.25) is 0 Å². The molecule has 1 N–H and O–H groups in total. The van der Waals surface area contributed by atoms with E-state index < -0.39 is 10.0 Å². The van der Waals surface area contributed by atoms with Crippen LogP contribution in [0.5, 0.6) is 0 Å². The zero-order chi connectivity index (χ0) is 13.9. The Kier molecular flexibility index (Phi) is 6.31. The highest BCUT2D eigenvalue weighted by atomic mass is 79.9. The molecule has 0 spiro atoms. The van der Waals surface area contributed by atoms with E-state index in [1.54, 1.807) is 18.2 Å². The van der Waals surface area contributed by atoms with Gasteiger partial charge in [0.05, 0.1) is 4.90 Å². The van der Waals surface area contributed by atoms with Gasteiger partial charge >= 0.3 is 0 Å². The largest absolute Gasteiger partial charge is 0.241 e. The number of rotatable bonds is 5. The van der Waals surface area contributed by atoms with Crippen LogP contribution in [0.4, 0.5) is 0 Å². The number of nitrogens with one attached hydrogen (secondary N) is 1. The highest BCUT2D eigenvalue weighted by molar-refractivity contribution is 9.11. The molecule has 7 heteroatoms. The highest BCUT2D eigenvalue weighted by Crippen LogP contribution is 2.26. The van der Waals surface area contributed by atoms with Crippen molar-refractivity contribution in [2.75, 3.05) is 5.33 Å². The van der Waals surface area contributed by atoms with E-state index in [0.717, 1.165) is 9.80 Å². The maximum atomic E-state index is 12.3. The maximum Gasteiger partial charge on any atom is 0.241 e. The van der Waals surface area contributed by atoms with Gasteiger partial charge in [-0.1, -0.05) is 38.8 Å². The summed E-state index contributed by atoms with van der Waals surface area (Å²) in [5, 5.41) is 0.746. The second kappa shape index (κ2) is 6.83. The monoisotopic (exact) mass is 461 g/mol. The minimum absolute atomic E-state index is 0.139. The van der Waals surface area contributed by atoms with Crippen LogP contribution in [0.15, 0.2) is 32.0 Å². The van der Waals surface area contributed by atoms with Crippen molar-refractivity contribution >= 4 is 57.8 Å². The molecular weight excluding hydrogens is 450 g/mol. The molecule has 1 aromatic rings. The molecule has 0 saturated heterocycles. The van der Waals surface area contributed by atoms with Crippen molar-refractivity contribution in [3.63, 3.8) is 0 Å². The van der Waals surface area contributed by atoms with Crippen LogP contribution in [0.1, 0.15) is 13.8 Å². The highest BCUT2D eigenvalue weighted by Gasteiger charge is 2.22. The first-order valence-corrected chi connectivity index (χ1v) is 9.50. The third-order valence-electron chi connectivity index (χ3n) is 2.62. The molecule has 2 unspecified atom stereocenters. The number of sulfonamides is 1. The van der Waals surface area contributed by atoms with Crippen molar-refractivity contribution in [1.82, 2.24) is 4.72 Å². The molecule has 1 aromatic carbocycles. The molecule has 0 radical (unpaired) electrons. The molecule has 0 saturated carbocycles. The molecular formula is C11H14Br3NO2S. The number of alkyl halides is 1. The third-order valence-corrected chi connectivity index (χ3v) is 6.69. The Morgan fingerprint density at radius 3 is 2.44 bits per heavy atom. The van der Waals surface area contributed by atoms with Gasteiger partial charge in [0.15, 0.2) is 0 Å². The van der Waals surface area contributed by atoms with E-state index in [0.29, 0.717) is 4.47 Å². The first-order chi connectivity index (χ1) is 8.27. The normalized spacial score (nSPS) is 15.4. The predicted molar refractivity (Wildman–Crippen MR) is 84.6 cm³/mol. The van der Waals surface area contributed by atoms with Crippen LogP contribution in [-0.4, -0.2) is 19.8 Å². The predicted octanol–water partition coefficient (Wildman–Crippen LogP) is 3.91. The molecule has 0 aliphatic carbocycles. The van der Waals surface area contributed by atoms with Crippen LogP contribution in [-0.2, 0) is 10.0 Å². The number of halogens is 3. The summed E-state index contributed by atoms with van der Waals surface area (Å²) in [7, 11) is -3.52. The quantitative estimate of drug-likeness (QED) is 0.673. The van der Waals surface area contributed by atoms with Crippen LogP contribution in [0.2, 0.25) is 0 Å². The average Bonchev–Trinajstić information content (AvgIpc) is 2.30.